The lowest BCUT2D eigenvalue weighted by Crippen LogP contribution is -2.43. The minimum Gasteiger partial charge on any atom is -0.496 e. The first-order valence-electron chi connectivity index (χ1n) is 9.58. The fraction of sp³-hybridized carbons (Fsp3) is 0.632. The average Bonchev–Trinajstić information content (AvgIpc) is 2.71. The molecule has 8 nitrogen and oxygen atoms in total. The lowest BCUT2D eigenvalue weighted by Gasteiger charge is -2.24. The zero-order chi connectivity index (χ0) is 20.4. The monoisotopic (exact) mass is 412 g/mol. The molecule has 1 aromatic carbocycles. The molecule has 0 bridgehead atoms. The Bertz CT molecular complexity index is 733. The lowest BCUT2D eigenvalue weighted by molar-refractivity contribution is 0.0200. The van der Waals surface area contributed by atoms with Gasteiger partial charge in [-0.15, -0.1) is 0 Å². The standard InChI is InChI=1S/C19H32N4O4S/c1-20-19(23(2)15-16-8-4-5-10-18(16)26-3)21-11-13-28(24,25)22-14-17-9-6-7-12-27-17/h4-5,8,10,17,22H,6-7,9,11-15H2,1-3H3,(H,20,21). The summed E-state index contributed by atoms with van der Waals surface area (Å²) in [7, 11) is 1.85. The number of sulfonamides is 1. The van der Waals surface area contributed by atoms with Crippen molar-refractivity contribution in [2.24, 2.45) is 4.99 Å². The molecule has 1 unspecified atom stereocenters. The molecule has 1 aromatic rings. The van der Waals surface area contributed by atoms with Crippen LogP contribution in [-0.2, 0) is 21.3 Å². The minimum absolute atomic E-state index is 0.0174. The third-order valence-electron chi connectivity index (χ3n) is 4.63. The number of nitrogens with one attached hydrogen (secondary N) is 2. The van der Waals surface area contributed by atoms with Crippen molar-refractivity contribution in [1.82, 2.24) is 14.9 Å². The summed E-state index contributed by atoms with van der Waals surface area (Å²) in [5, 5.41) is 3.11. The predicted octanol–water partition coefficient (Wildman–Crippen LogP) is 1.19. The SMILES string of the molecule is CN=C(NCCS(=O)(=O)NCC1CCCCO1)N(C)Cc1ccccc1OC. The Hall–Kier alpha value is -1.84. The van der Waals surface area contributed by atoms with Crippen LogP contribution in [0.25, 0.3) is 0 Å². The Kier molecular flexibility index (Phi) is 9.01. The molecule has 158 valence electrons. The molecule has 0 amide bonds. The molecule has 1 fully saturated rings. The highest BCUT2D eigenvalue weighted by Crippen LogP contribution is 2.18. The fourth-order valence-electron chi connectivity index (χ4n) is 3.11. The summed E-state index contributed by atoms with van der Waals surface area (Å²) in [6, 6.07) is 7.78. The topological polar surface area (TPSA) is 92.3 Å². The van der Waals surface area contributed by atoms with Gasteiger partial charge >= 0.3 is 0 Å². The highest BCUT2D eigenvalue weighted by molar-refractivity contribution is 7.89. The van der Waals surface area contributed by atoms with Crippen LogP contribution in [0.4, 0.5) is 0 Å². The van der Waals surface area contributed by atoms with E-state index in [-0.39, 0.29) is 18.4 Å². The van der Waals surface area contributed by atoms with Crippen LogP contribution < -0.4 is 14.8 Å². The molecule has 0 aromatic heterocycles. The van der Waals surface area contributed by atoms with Crippen LogP contribution in [0.15, 0.2) is 29.3 Å². The van der Waals surface area contributed by atoms with Crippen LogP contribution >= 0.6 is 0 Å². The molecule has 1 aliphatic heterocycles. The number of benzene rings is 1. The summed E-state index contributed by atoms with van der Waals surface area (Å²) in [5.74, 6) is 1.40. The molecule has 2 rings (SSSR count). The van der Waals surface area contributed by atoms with E-state index in [0.29, 0.717) is 25.7 Å². The Labute approximate surface area is 168 Å². The summed E-state index contributed by atoms with van der Waals surface area (Å²) >= 11 is 0. The lowest BCUT2D eigenvalue weighted by atomic mass is 10.1. The van der Waals surface area contributed by atoms with Crippen molar-refractivity contribution >= 4 is 16.0 Å². The van der Waals surface area contributed by atoms with Gasteiger partial charge in [-0.1, -0.05) is 18.2 Å². The Morgan fingerprint density at radius 1 is 1.36 bits per heavy atom. The summed E-state index contributed by atoms with van der Waals surface area (Å²) in [4.78, 5) is 6.16. The normalized spacial score (nSPS) is 18.0. The van der Waals surface area contributed by atoms with Gasteiger partial charge in [0.25, 0.3) is 0 Å². The van der Waals surface area contributed by atoms with Gasteiger partial charge in [-0.2, -0.15) is 0 Å². The molecule has 0 saturated carbocycles. The fourth-order valence-corrected chi connectivity index (χ4v) is 4.06. The molecule has 1 saturated heterocycles. The molecule has 1 aliphatic rings. The minimum atomic E-state index is -3.37. The molecule has 0 aliphatic carbocycles. The molecule has 2 N–H and O–H groups in total. The average molecular weight is 413 g/mol. The van der Waals surface area contributed by atoms with E-state index >= 15 is 0 Å². The molecule has 0 spiro atoms. The van der Waals surface area contributed by atoms with E-state index in [0.717, 1.165) is 30.6 Å². The van der Waals surface area contributed by atoms with Crippen molar-refractivity contribution in [3.63, 3.8) is 0 Å². The molecule has 9 heteroatoms. The van der Waals surface area contributed by atoms with E-state index in [1.807, 2.05) is 36.2 Å². The van der Waals surface area contributed by atoms with Gasteiger partial charge in [0.15, 0.2) is 5.96 Å². The van der Waals surface area contributed by atoms with Crippen LogP contribution in [0.3, 0.4) is 0 Å². The molecule has 0 radical (unpaired) electrons. The van der Waals surface area contributed by atoms with Crippen LogP contribution in [0.5, 0.6) is 5.75 Å². The van der Waals surface area contributed by atoms with Gasteiger partial charge in [0, 0.05) is 45.9 Å². The molecular formula is C19H32N4O4S. The van der Waals surface area contributed by atoms with Crippen molar-refractivity contribution in [2.45, 2.75) is 31.9 Å². The van der Waals surface area contributed by atoms with Crippen LogP contribution in [0, 0.1) is 0 Å². The van der Waals surface area contributed by atoms with Gasteiger partial charge in [0.05, 0.1) is 19.0 Å². The second kappa shape index (κ2) is 11.2. The number of para-hydroxylation sites is 1. The quantitative estimate of drug-likeness (QED) is 0.468. The van der Waals surface area contributed by atoms with Crippen LogP contribution in [-0.4, -0.2) is 72.0 Å². The number of methoxy groups -OCH3 is 1. The second-order valence-electron chi connectivity index (χ2n) is 6.80. The maximum absolute atomic E-state index is 12.2. The zero-order valence-electron chi connectivity index (χ0n) is 17.0. The van der Waals surface area contributed by atoms with Crippen molar-refractivity contribution in [3.05, 3.63) is 29.8 Å². The molecule has 28 heavy (non-hydrogen) atoms. The van der Waals surface area contributed by atoms with Gasteiger partial charge < -0.3 is 19.7 Å². The molecule has 1 heterocycles. The van der Waals surface area contributed by atoms with E-state index in [1.165, 1.54) is 0 Å². The number of nitrogens with zero attached hydrogens (tertiary/aromatic N) is 2. The van der Waals surface area contributed by atoms with Gasteiger partial charge in [0.2, 0.25) is 10.0 Å². The van der Waals surface area contributed by atoms with Crippen molar-refractivity contribution < 1.29 is 17.9 Å². The van der Waals surface area contributed by atoms with Gasteiger partial charge in [0.1, 0.15) is 5.75 Å². The Morgan fingerprint density at radius 2 is 2.14 bits per heavy atom. The van der Waals surface area contributed by atoms with Gasteiger partial charge in [-0.05, 0) is 25.3 Å². The maximum Gasteiger partial charge on any atom is 0.213 e. The Balaban J connectivity index is 1.79. The van der Waals surface area contributed by atoms with Crippen molar-refractivity contribution in [1.29, 1.82) is 0 Å². The largest absolute Gasteiger partial charge is 0.496 e. The maximum atomic E-state index is 12.2. The number of rotatable bonds is 9. The van der Waals surface area contributed by atoms with Crippen LogP contribution in [0.1, 0.15) is 24.8 Å². The molecule has 1 atom stereocenters. The van der Waals surface area contributed by atoms with E-state index in [2.05, 4.69) is 15.0 Å². The smallest absolute Gasteiger partial charge is 0.213 e. The first-order chi connectivity index (χ1) is 13.4. The number of aliphatic imine (C=N–C) groups is 1. The summed E-state index contributed by atoms with van der Waals surface area (Å²) < 4.78 is 38.0. The third-order valence-corrected chi connectivity index (χ3v) is 5.98. The Morgan fingerprint density at radius 3 is 2.82 bits per heavy atom. The first-order valence-corrected chi connectivity index (χ1v) is 11.2. The van der Waals surface area contributed by atoms with E-state index < -0.39 is 10.0 Å². The number of hydrogen-bond acceptors (Lipinski definition) is 5. The summed E-state index contributed by atoms with van der Waals surface area (Å²) in [5.41, 5.74) is 1.03. The van der Waals surface area contributed by atoms with Crippen molar-refractivity contribution in [3.8, 4) is 5.75 Å². The van der Waals surface area contributed by atoms with E-state index in [9.17, 15) is 8.42 Å². The zero-order valence-corrected chi connectivity index (χ0v) is 17.8. The van der Waals surface area contributed by atoms with Crippen LogP contribution in [0.2, 0.25) is 0 Å². The summed E-state index contributed by atoms with van der Waals surface area (Å²) in [6.07, 6.45) is 3.02. The third kappa shape index (κ3) is 7.29. The molecular weight excluding hydrogens is 380 g/mol. The number of ether oxygens (including phenoxy) is 2. The van der Waals surface area contributed by atoms with Gasteiger partial charge in [-0.25, -0.2) is 13.1 Å². The number of hydrogen-bond donors (Lipinski definition) is 2. The highest BCUT2D eigenvalue weighted by atomic mass is 32.2. The first kappa shape index (κ1) is 22.4. The second-order valence-corrected chi connectivity index (χ2v) is 8.72. The predicted molar refractivity (Wildman–Crippen MR) is 111 cm³/mol. The van der Waals surface area contributed by atoms with Gasteiger partial charge in [-0.3, -0.25) is 4.99 Å². The highest BCUT2D eigenvalue weighted by Gasteiger charge is 2.18. The van der Waals surface area contributed by atoms with Crippen molar-refractivity contribution in [2.75, 3.05) is 46.7 Å². The summed E-state index contributed by atoms with van der Waals surface area (Å²) in [6.45, 7) is 1.91. The van der Waals surface area contributed by atoms with E-state index in [1.54, 1.807) is 14.2 Å². The van der Waals surface area contributed by atoms with E-state index in [4.69, 9.17) is 9.47 Å². The number of guanidine groups is 1.